The first-order chi connectivity index (χ1) is 15.7. The number of pyridine rings is 1. The van der Waals surface area contributed by atoms with Crippen molar-refractivity contribution in [3.8, 4) is 22.8 Å². The second-order valence-corrected chi connectivity index (χ2v) is 6.92. The number of aromatic nitrogens is 2. The Morgan fingerprint density at radius 1 is 0.970 bits per heavy atom. The molecule has 10 heteroatoms. The van der Waals surface area contributed by atoms with Crippen molar-refractivity contribution >= 4 is 17.3 Å². The SMILES string of the molecule is CC(=N)OC(=N)c1ccc(F)c(-c2c(=O)ccn3nc(Oc4ccc(F)cc4F)ccc23)c1. The highest BCUT2D eigenvalue weighted by Gasteiger charge is 2.17. The molecule has 0 saturated carbocycles. The molecule has 0 aliphatic rings. The molecule has 0 spiro atoms. The topological polar surface area (TPSA) is 101 Å². The van der Waals surface area contributed by atoms with Crippen molar-refractivity contribution in [3.63, 3.8) is 0 Å². The van der Waals surface area contributed by atoms with E-state index in [1.54, 1.807) is 0 Å². The lowest BCUT2D eigenvalue weighted by Crippen LogP contribution is -2.12. The fourth-order valence-corrected chi connectivity index (χ4v) is 3.15. The molecule has 0 aliphatic heterocycles. The monoisotopic (exact) mass is 452 g/mol. The highest BCUT2D eigenvalue weighted by Crippen LogP contribution is 2.28. The van der Waals surface area contributed by atoms with Crippen LogP contribution < -0.4 is 10.2 Å². The summed E-state index contributed by atoms with van der Waals surface area (Å²) in [6.07, 6.45) is 1.33. The van der Waals surface area contributed by atoms with Crippen molar-refractivity contribution in [2.75, 3.05) is 0 Å². The molecule has 0 radical (unpaired) electrons. The van der Waals surface area contributed by atoms with Crippen LogP contribution in [-0.2, 0) is 4.74 Å². The van der Waals surface area contributed by atoms with Crippen LogP contribution >= 0.6 is 0 Å². The van der Waals surface area contributed by atoms with Crippen LogP contribution in [0.15, 0.2) is 65.6 Å². The molecule has 0 fully saturated rings. The lowest BCUT2D eigenvalue weighted by molar-refractivity contribution is 0.416. The zero-order chi connectivity index (χ0) is 23.7. The van der Waals surface area contributed by atoms with Crippen LogP contribution in [0, 0.1) is 28.3 Å². The fraction of sp³-hybridized carbons (Fsp3) is 0.0435. The van der Waals surface area contributed by atoms with E-state index in [1.807, 2.05) is 0 Å². The third-order valence-electron chi connectivity index (χ3n) is 4.57. The predicted octanol–water partition coefficient (Wildman–Crippen LogP) is 4.91. The quantitative estimate of drug-likeness (QED) is 0.339. The molecular weight excluding hydrogens is 437 g/mol. The van der Waals surface area contributed by atoms with Crippen LogP contribution in [-0.4, -0.2) is 21.4 Å². The molecule has 0 amide bonds. The second-order valence-electron chi connectivity index (χ2n) is 6.92. The summed E-state index contributed by atoms with van der Waals surface area (Å²) in [4.78, 5) is 12.7. The number of ether oxygens (including phenoxy) is 2. The summed E-state index contributed by atoms with van der Waals surface area (Å²) >= 11 is 0. The van der Waals surface area contributed by atoms with E-state index in [1.165, 1.54) is 48.0 Å². The van der Waals surface area contributed by atoms with E-state index < -0.39 is 22.9 Å². The number of benzene rings is 2. The molecule has 2 N–H and O–H groups in total. The summed E-state index contributed by atoms with van der Waals surface area (Å²) in [6, 6.07) is 10.4. The third-order valence-corrected chi connectivity index (χ3v) is 4.57. The number of rotatable bonds is 4. The van der Waals surface area contributed by atoms with Gasteiger partial charge in [0.15, 0.2) is 22.9 Å². The van der Waals surface area contributed by atoms with Crippen molar-refractivity contribution in [1.29, 1.82) is 10.8 Å². The van der Waals surface area contributed by atoms with Gasteiger partial charge in [0.05, 0.1) is 11.1 Å². The Bertz CT molecular complexity index is 1480. The van der Waals surface area contributed by atoms with Gasteiger partial charge >= 0.3 is 0 Å². The number of hydrogen-bond donors (Lipinski definition) is 2. The Morgan fingerprint density at radius 3 is 2.48 bits per heavy atom. The highest BCUT2D eigenvalue weighted by atomic mass is 19.1. The molecular formula is C23H15F3N4O3. The molecule has 33 heavy (non-hydrogen) atoms. The van der Waals surface area contributed by atoms with Crippen molar-refractivity contribution in [2.45, 2.75) is 6.92 Å². The first-order valence-electron chi connectivity index (χ1n) is 9.50. The van der Waals surface area contributed by atoms with E-state index in [0.29, 0.717) is 6.07 Å². The Hall–Kier alpha value is -4.47. The van der Waals surface area contributed by atoms with Crippen LogP contribution in [0.1, 0.15) is 12.5 Å². The summed E-state index contributed by atoms with van der Waals surface area (Å²) in [5.74, 6) is -3.27. The van der Waals surface area contributed by atoms with Gasteiger partial charge in [0.1, 0.15) is 11.6 Å². The molecule has 2 aromatic carbocycles. The molecule has 0 aliphatic carbocycles. The van der Waals surface area contributed by atoms with Crippen LogP contribution in [0.4, 0.5) is 13.2 Å². The third kappa shape index (κ3) is 4.45. The van der Waals surface area contributed by atoms with Gasteiger partial charge in [-0.15, -0.1) is 5.10 Å². The van der Waals surface area contributed by atoms with Gasteiger partial charge < -0.3 is 9.47 Å². The van der Waals surface area contributed by atoms with Gasteiger partial charge in [0.2, 0.25) is 11.8 Å². The number of hydrogen-bond acceptors (Lipinski definition) is 6. The van der Waals surface area contributed by atoms with Gasteiger partial charge in [0.25, 0.3) is 0 Å². The number of nitrogens with zero attached hydrogens (tertiary/aromatic N) is 2. The van der Waals surface area contributed by atoms with Crippen molar-refractivity contribution in [3.05, 3.63) is 94.0 Å². The Balaban J connectivity index is 1.79. The summed E-state index contributed by atoms with van der Waals surface area (Å²) in [6.45, 7) is 1.35. The molecule has 2 aromatic heterocycles. The van der Waals surface area contributed by atoms with E-state index in [-0.39, 0.29) is 45.6 Å². The van der Waals surface area contributed by atoms with Crippen LogP contribution in [0.2, 0.25) is 0 Å². The number of halogens is 3. The van der Waals surface area contributed by atoms with E-state index in [9.17, 15) is 18.0 Å². The van der Waals surface area contributed by atoms with Gasteiger partial charge in [-0.1, -0.05) is 0 Å². The van der Waals surface area contributed by atoms with Gasteiger partial charge in [-0.2, -0.15) is 0 Å². The molecule has 0 atom stereocenters. The van der Waals surface area contributed by atoms with Crippen LogP contribution in [0.3, 0.4) is 0 Å². The van der Waals surface area contributed by atoms with Crippen LogP contribution in [0.25, 0.3) is 16.6 Å². The minimum atomic E-state index is -0.916. The first kappa shape index (κ1) is 21.8. The summed E-state index contributed by atoms with van der Waals surface area (Å²) < 4.78 is 53.3. The van der Waals surface area contributed by atoms with Gasteiger partial charge in [-0.3, -0.25) is 15.6 Å². The molecule has 0 saturated heterocycles. The smallest absolute Gasteiger partial charge is 0.237 e. The maximum absolute atomic E-state index is 14.7. The van der Waals surface area contributed by atoms with E-state index >= 15 is 0 Å². The molecule has 0 bridgehead atoms. The highest BCUT2D eigenvalue weighted by molar-refractivity contribution is 5.99. The molecule has 2 heterocycles. The maximum atomic E-state index is 14.7. The van der Waals surface area contributed by atoms with Crippen molar-refractivity contribution < 1.29 is 22.6 Å². The summed E-state index contributed by atoms with van der Waals surface area (Å²) in [5, 5.41) is 19.4. The maximum Gasteiger partial charge on any atom is 0.237 e. The van der Waals surface area contributed by atoms with Gasteiger partial charge in [-0.05, 0) is 36.4 Å². The Kier molecular flexibility index (Phi) is 5.65. The summed E-state index contributed by atoms with van der Waals surface area (Å²) in [7, 11) is 0. The number of nitrogens with one attached hydrogen (secondary N) is 2. The average Bonchev–Trinajstić information content (AvgIpc) is 2.76. The minimum Gasteiger partial charge on any atom is -0.434 e. The minimum absolute atomic E-state index is 0.0248. The van der Waals surface area contributed by atoms with Gasteiger partial charge in [-0.25, -0.2) is 17.7 Å². The first-order valence-corrected chi connectivity index (χ1v) is 9.50. The lowest BCUT2D eigenvalue weighted by Gasteiger charge is -2.12. The molecule has 4 aromatic rings. The standard InChI is InChI=1S/C23H15F3N4O3/c1-12(27)32-23(28)13-2-4-16(25)15(10-13)22-18-5-7-21(29-30(18)9-8-19(22)31)33-20-6-3-14(24)11-17(20)26/h2-11,27-28H,1H3. The average molecular weight is 452 g/mol. The zero-order valence-electron chi connectivity index (χ0n) is 17.0. The predicted molar refractivity (Wildman–Crippen MR) is 115 cm³/mol. The molecule has 0 unspecified atom stereocenters. The van der Waals surface area contributed by atoms with E-state index in [2.05, 4.69) is 5.10 Å². The summed E-state index contributed by atoms with van der Waals surface area (Å²) in [5.41, 5.74) is -0.225. The Labute approximate surface area is 184 Å². The van der Waals surface area contributed by atoms with Gasteiger partial charge in [0, 0.05) is 42.4 Å². The van der Waals surface area contributed by atoms with Crippen molar-refractivity contribution in [2.24, 2.45) is 0 Å². The van der Waals surface area contributed by atoms with Crippen LogP contribution in [0.5, 0.6) is 11.6 Å². The lowest BCUT2D eigenvalue weighted by atomic mass is 10.0. The Morgan fingerprint density at radius 2 is 1.76 bits per heavy atom. The largest absolute Gasteiger partial charge is 0.434 e. The van der Waals surface area contributed by atoms with E-state index in [4.69, 9.17) is 20.3 Å². The fourth-order valence-electron chi connectivity index (χ4n) is 3.15. The zero-order valence-corrected chi connectivity index (χ0v) is 17.0. The molecule has 7 nitrogen and oxygen atoms in total. The number of fused-ring (bicyclic) bond motifs is 1. The molecule has 166 valence electrons. The normalized spacial score (nSPS) is 10.8. The molecule has 4 rings (SSSR count). The van der Waals surface area contributed by atoms with E-state index in [0.717, 1.165) is 18.2 Å². The second kappa shape index (κ2) is 8.58. The van der Waals surface area contributed by atoms with Crippen molar-refractivity contribution in [1.82, 2.24) is 9.61 Å².